The third-order valence-electron chi connectivity index (χ3n) is 5.24. The lowest BCUT2D eigenvalue weighted by Crippen LogP contribution is -2.41. The van der Waals surface area contributed by atoms with E-state index in [9.17, 15) is 0 Å². The average Bonchev–Trinajstić information content (AvgIpc) is 3.28. The number of aliphatic imine (C=N–C) groups is 1. The first-order valence-electron chi connectivity index (χ1n) is 8.72. The maximum atomic E-state index is 6.05. The van der Waals surface area contributed by atoms with Crippen LogP contribution in [0.2, 0.25) is 0 Å². The molecule has 126 valence electrons. The van der Waals surface area contributed by atoms with Crippen LogP contribution in [0.25, 0.3) is 0 Å². The van der Waals surface area contributed by atoms with Crippen molar-refractivity contribution in [3.63, 3.8) is 0 Å². The van der Waals surface area contributed by atoms with Crippen molar-refractivity contribution < 1.29 is 9.26 Å². The summed E-state index contributed by atoms with van der Waals surface area (Å²) in [5, 5.41) is 7.24. The predicted molar refractivity (Wildman–Crippen MR) is 85.2 cm³/mol. The zero-order valence-corrected chi connectivity index (χ0v) is 13.9. The topological polar surface area (TPSA) is 75.8 Å². The number of aromatic nitrogens is 2. The van der Waals surface area contributed by atoms with Gasteiger partial charge in [-0.2, -0.15) is 4.98 Å². The van der Waals surface area contributed by atoms with Crippen molar-refractivity contribution in [2.75, 3.05) is 26.2 Å². The minimum absolute atomic E-state index is 0.485. The first-order valence-corrected chi connectivity index (χ1v) is 8.72. The number of likely N-dealkylation sites (tertiary alicyclic amines) is 1. The summed E-state index contributed by atoms with van der Waals surface area (Å²) in [6.07, 6.45) is 4.14. The molecule has 4 atom stereocenters. The maximum absolute atomic E-state index is 6.05. The van der Waals surface area contributed by atoms with Gasteiger partial charge in [0.15, 0.2) is 11.8 Å². The number of guanidine groups is 1. The molecule has 0 saturated carbocycles. The Kier molecular flexibility index (Phi) is 3.97. The van der Waals surface area contributed by atoms with Crippen LogP contribution >= 0.6 is 0 Å². The molecule has 1 aromatic heterocycles. The molecule has 3 fully saturated rings. The van der Waals surface area contributed by atoms with Gasteiger partial charge in [0.25, 0.3) is 0 Å². The molecule has 4 rings (SSSR count). The van der Waals surface area contributed by atoms with E-state index >= 15 is 0 Å². The monoisotopic (exact) mass is 319 g/mol. The molecule has 23 heavy (non-hydrogen) atoms. The molecule has 3 aliphatic rings. The highest BCUT2D eigenvalue weighted by Gasteiger charge is 2.53. The number of aryl methyl sites for hydroxylation is 1. The van der Waals surface area contributed by atoms with E-state index in [0.29, 0.717) is 48.7 Å². The van der Waals surface area contributed by atoms with E-state index in [1.807, 2.05) is 6.92 Å². The Morgan fingerprint density at radius 1 is 1.30 bits per heavy atom. The molecule has 4 unspecified atom stereocenters. The molecule has 0 radical (unpaired) electrons. The van der Waals surface area contributed by atoms with Crippen molar-refractivity contribution in [1.82, 2.24) is 20.4 Å². The van der Waals surface area contributed by atoms with Crippen molar-refractivity contribution in [3.05, 3.63) is 11.7 Å². The molecule has 7 heteroatoms. The van der Waals surface area contributed by atoms with E-state index < -0.39 is 0 Å². The fourth-order valence-electron chi connectivity index (χ4n) is 4.26. The molecule has 0 spiro atoms. The van der Waals surface area contributed by atoms with Crippen LogP contribution < -0.4 is 5.32 Å². The number of nitrogens with one attached hydrogen (secondary N) is 1. The van der Waals surface area contributed by atoms with Crippen molar-refractivity contribution in [2.45, 2.75) is 45.3 Å². The SMILES string of the molecule is CCNC(=NCCc1nc(C)no1)N1CC2C3CCC(O3)C2C1. The third kappa shape index (κ3) is 2.82. The standard InChI is InChI=1S/C16H25N5O2/c1-3-17-16(18-7-6-15-19-10(2)20-23-15)21-8-11-12(9-21)14-5-4-13(11)22-14/h11-14H,3-9H2,1-2H3,(H,17,18). The first kappa shape index (κ1) is 14.9. The number of hydrogen-bond acceptors (Lipinski definition) is 5. The molecule has 0 amide bonds. The second kappa shape index (κ2) is 6.11. The van der Waals surface area contributed by atoms with Gasteiger partial charge in [0, 0.05) is 37.9 Å². The van der Waals surface area contributed by atoms with Gasteiger partial charge in [0.1, 0.15) is 0 Å². The lowest BCUT2D eigenvalue weighted by atomic mass is 9.82. The minimum Gasteiger partial charge on any atom is -0.374 e. The van der Waals surface area contributed by atoms with Crippen molar-refractivity contribution in [2.24, 2.45) is 16.8 Å². The lowest BCUT2D eigenvalue weighted by Gasteiger charge is -2.23. The van der Waals surface area contributed by atoms with Crippen molar-refractivity contribution in [1.29, 1.82) is 0 Å². The summed E-state index contributed by atoms with van der Waals surface area (Å²) in [7, 11) is 0. The maximum Gasteiger partial charge on any atom is 0.228 e. The number of nitrogens with zero attached hydrogens (tertiary/aromatic N) is 4. The fourth-order valence-corrected chi connectivity index (χ4v) is 4.26. The Balaban J connectivity index is 1.38. The van der Waals surface area contributed by atoms with E-state index in [0.717, 1.165) is 25.6 Å². The Morgan fingerprint density at radius 2 is 2.04 bits per heavy atom. The van der Waals surface area contributed by atoms with Crippen LogP contribution in [0.3, 0.4) is 0 Å². The molecule has 2 bridgehead atoms. The van der Waals surface area contributed by atoms with Crippen LogP contribution in [0.4, 0.5) is 0 Å². The highest BCUT2D eigenvalue weighted by molar-refractivity contribution is 5.80. The molecule has 7 nitrogen and oxygen atoms in total. The number of ether oxygens (including phenoxy) is 1. The van der Waals surface area contributed by atoms with Gasteiger partial charge >= 0.3 is 0 Å². The largest absolute Gasteiger partial charge is 0.374 e. The normalized spacial score (nSPS) is 32.6. The molecular weight excluding hydrogens is 294 g/mol. The second-order valence-electron chi connectivity index (χ2n) is 6.74. The molecule has 3 aliphatic heterocycles. The van der Waals surface area contributed by atoms with E-state index in [1.54, 1.807) is 0 Å². The van der Waals surface area contributed by atoms with Crippen LogP contribution in [0.5, 0.6) is 0 Å². The van der Waals surface area contributed by atoms with Gasteiger partial charge in [0.2, 0.25) is 5.89 Å². The molecule has 0 aliphatic carbocycles. The van der Waals surface area contributed by atoms with E-state index in [-0.39, 0.29) is 0 Å². The van der Waals surface area contributed by atoms with Crippen LogP contribution in [0.1, 0.15) is 31.5 Å². The molecule has 4 heterocycles. The van der Waals surface area contributed by atoms with E-state index in [4.69, 9.17) is 14.3 Å². The first-order chi connectivity index (χ1) is 11.2. The van der Waals surface area contributed by atoms with Crippen molar-refractivity contribution in [3.8, 4) is 0 Å². The smallest absolute Gasteiger partial charge is 0.228 e. The summed E-state index contributed by atoms with van der Waals surface area (Å²) in [4.78, 5) is 11.4. The predicted octanol–water partition coefficient (Wildman–Crippen LogP) is 0.995. The van der Waals surface area contributed by atoms with Gasteiger partial charge < -0.3 is 19.5 Å². The van der Waals surface area contributed by atoms with Crippen molar-refractivity contribution >= 4 is 5.96 Å². The zero-order valence-electron chi connectivity index (χ0n) is 13.9. The Hall–Kier alpha value is -1.63. The molecule has 3 saturated heterocycles. The Morgan fingerprint density at radius 3 is 2.65 bits per heavy atom. The van der Waals surface area contributed by atoms with Gasteiger partial charge in [-0.05, 0) is 26.7 Å². The lowest BCUT2D eigenvalue weighted by molar-refractivity contribution is 0.0767. The summed E-state index contributed by atoms with van der Waals surface area (Å²) in [5.41, 5.74) is 0. The number of rotatable bonds is 4. The fraction of sp³-hybridized carbons (Fsp3) is 0.812. The van der Waals surface area contributed by atoms with Crippen LogP contribution in [0.15, 0.2) is 9.52 Å². The highest BCUT2D eigenvalue weighted by atomic mass is 16.5. The summed E-state index contributed by atoms with van der Waals surface area (Å²) in [6, 6.07) is 0. The third-order valence-corrected chi connectivity index (χ3v) is 5.24. The second-order valence-corrected chi connectivity index (χ2v) is 6.74. The highest BCUT2D eigenvalue weighted by Crippen LogP contribution is 2.47. The van der Waals surface area contributed by atoms with Gasteiger partial charge in [-0.3, -0.25) is 4.99 Å². The van der Waals surface area contributed by atoms with E-state index in [2.05, 4.69) is 27.3 Å². The van der Waals surface area contributed by atoms with Crippen LogP contribution in [-0.2, 0) is 11.2 Å². The molecule has 1 aromatic rings. The summed E-state index contributed by atoms with van der Waals surface area (Å²) in [5.74, 6) is 3.73. The minimum atomic E-state index is 0.485. The van der Waals surface area contributed by atoms with Gasteiger partial charge in [-0.25, -0.2) is 0 Å². The Bertz CT molecular complexity index is 569. The number of hydrogen-bond donors (Lipinski definition) is 1. The zero-order chi connectivity index (χ0) is 15.8. The molecular formula is C16H25N5O2. The van der Waals surface area contributed by atoms with Gasteiger partial charge in [-0.15, -0.1) is 0 Å². The molecule has 1 N–H and O–H groups in total. The summed E-state index contributed by atoms with van der Waals surface area (Å²) in [6.45, 7) is 7.63. The summed E-state index contributed by atoms with van der Waals surface area (Å²) < 4.78 is 11.2. The number of fused-ring (bicyclic) bond motifs is 5. The summed E-state index contributed by atoms with van der Waals surface area (Å²) >= 11 is 0. The Labute approximate surface area is 136 Å². The quantitative estimate of drug-likeness (QED) is 0.659. The average molecular weight is 319 g/mol. The van der Waals surface area contributed by atoms with Gasteiger partial charge in [0.05, 0.1) is 18.8 Å². The molecule has 0 aromatic carbocycles. The van der Waals surface area contributed by atoms with Gasteiger partial charge in [-0.1, -0.05) is 5.16 Å². The van der Waals surface area contributed by atoms with Crippen LogP contribution in [-0.4, -0.2) is 59.4 Å². The van der Waals surface area contributed by atoms with Crippen LogP contribution in [0, 0.1) is 18.8 Å². The van der Waals surface area contributed by atoms with E-state index in [1.165, 1.54) is 12.8 Å².